The van der Waals surface area contributed by atoms with Gasteiger partial charge in [-0.3, -0.25) is 4.79 Å². The van der Waals surface area contributed by atoms with Crippen molar-refractivity contribution in [2.45, 2.75) is 58.7 Å². The zero-order valence-corrected chi connectivity index (χ0v) is 11.6. The van der Waals surface area contributed by atoms with Crippen LogP contribution in [-0.2, 0) is 4.79 Å². The Labute approximate surface area is 105 Å². The highest BCUT2D eigenvalue weighted by molar-refractivity contribution is 5.81. The quantitative estimate of drug-likeness (QED) is 0.665. The first kappa shape index (κ1) is 14.5. The summed E-state index contributed by atoms with van der Waals surface area (Å²) in [5, 5.41) is 6.38. The second-order valence-corrected chi connectivity index (χ2v) is 5.06. The molecule has 1 rings (SSSR count). The fraction of sp³-hybridized carbons (Fsp3) is 0.923. The minimum Gasteiger partial charge on any atom is -0.352 e. The van der Waals surface area contributed by atoms with Crippen LogP contribution < -0.4 is 10.6 Å². The van der Waals surface area contributed by atoms with Gasteiger partial charge in [-0.2, -0.15) is 0 Å². The van der Waals surface area contributed by atoms with Crippen LogP contribution in [0.1, 0.15) is 40.5 Å². The monoisotopic (exact) mass is 241 g/mol. The average molecular weight is 241 g/mol. The molecule has 100 valence electrons. The molecule has 0 radical (unpaired) electrons. The SMILES string of the molecule is CCN(CC)CC(C)NC(C)C(=O)NC1CC1. The van der Waals surface area contributed by atoms with E-state index in [4.69, 9.17) is 0 Å². The van der Waals surface area contributed by atoms with Crippen LogP contribution in [0.3, 0.4) is 0 Å². The fourth-order valence-electron chi connectivity index (χ4n) is 1.98. The van der Waals surface area contributed by atoms with Gasteiger partial charge in [-0.1, -0.05) is 13.8 Å². The largest absolute Gasteiger partial charge is 0.352 e. The molecule has 2 atom stereocenters. The van der Waals surface area contributed by atoms with E-state index < -0.39 is 0 Å². The topological polar surface area (TPSA) is 44.4 Å². The first-order valence-electron chi connectivity index (χ1n) is 6.85. The van der Waals surface area contributed by atoms with Crippen molar-refractivity contribution in [1.29, 1.82) is 0 Å². The van der Waals surface area contributed by atoms with E-state index in [0.29, 0.717) is 12.1 Å². The van der Waals surface area contributed by atoms with Crippen LogP contribution in [0.25, 0.3) is 0 Å². The van der Waals surface area contributed by atoms with Gasteiger partial charge in [0.15, 0.2) is 0 Å². The van der Waals surface area contributed by atoms with E-state index in [9.17, 15) is 4.79 Å². The molecule has 4 heteroatoms. The summed E-state index contributed by atoms with van der Waals surface area (Å²) in [5.41, 5.74) is 0. The summed E-state index contributed by atoms with van der Waals surface area (Å²) in [6, 6.07) is 0.695. The summed E-state index contributed by atoms with van der Waals surface area (Å²) < 4.78 is 0. The number of nitrogens with zero attached hydrogens (tertiary/aromatic N) is 1. The van der Waals surface area contributed by atoms with Gasteiger partial charge >= 0.3 is 0 Å². The Morgan fingerprint density at radius 2 is 1.88 bits per heavy atom. The number of nitrogens with one attached hydrogen (secondary N) is 2. The molecule has 0 bridgehead atoms. The number of hydrogen-bond acceptors (Lipinski definition) is 3. The molecule has 1 fully saturated rings. The third kappa shape index (κ3) is 5.50. The van der Waals surface area contributed by atoms with Crippen LogP contribution in [0.5, 0.6) is 0 Å². The third-order valence-corrected chi connectivity index (χ3v) is 3.28. The number of carbonyl (C=O) groups excluding carboxylic acids is 1. The lowest BCUT2D eigenvalue weighted by Gasteiger charge is -2.25. The second kappa shape index (κ2) is 6.97. The highest BCUT2D eigenvalue weighted by Gasteiger charge is 2.26. The lowest BCUT2D eigenvalue weighted by molar-refractivity contribution is -0.123. The average Bonchev–Trinajstić information content (AvgIpc) is 3.09. The molecule has 1 aliphatic rings. The molecule has 0 aromatic rings. The Kier molecular flexibility index (Phi) is 5.92. The van der Waals surface area contributed by atoms with Gasteiger partial charge in [0.1, 0.15) is 0 Å². The summed E-state index contributed by atoms with van der Waals surface area (Å²) in [5.74, 6) is 0.138. The molecule has 0 spiro atoms. The van der Waals surface area contributed by atoms with Crippen LogP contribution in [0.2, 0.25) is 0 Å². The molecule has 0 aromatic carbocycles. The maximum Gasteiger partial charge on any atom is 0.237 e. The van der Waals surface area contributed by atoms with Crippen LogP contribution in [0, 0.1) is 0 Å². The van der Waals surface area contributed by atoms with Crippen molar-refractivity contribution in [3.63, 3.8) is 0 Å². The highest BCUT2D eigenvalue weighted by Crippen LogP contribution is 2.18. The number of carbonyl (C=O) groups is 1. The molecule has 1 saturated carbocycles. The van der Waals surface area contributed by atoms with Gasteiger partial charge < -0.3 is 15.5 Å². The lowest BCUT2D eigenvalue weighted by Crippen LogP contribution is -2.49. The first-order valence-corrected chi connectivity index (χ1v) is 6.85. The Morgan fingerprint density at radius 1 is 1.29 bits per heavy atom. The van der Waals surface area contributed by atoms with E-state index in [-0.39, 0.29) is 11.9 Å². The lowest BCUT2D eigenvalue weighted by atomic mass is 10.2. The maximum absolute atomic E-state index is 11.8. The van der Waals surface area contributed by atoms with Crippen LogP contribution in [0.15, 0.2) is 0 Å². The molecular weight excluding hydrogens is 214 g/mol. The van der Waals surface area contributed by atoms with E-state index in [1.807, 2.05) is 6.92 Å². The molecule has 0 aromatic heterocycles. The van der Waals surface area contributed by atoms with E-state index >= 15 is 0 Å². The van der Waals surface area contributed by atoms with Gasteiger partial charge in [0.05, 0.1) is 6.04 Å². The summed E-state index contributed by atoms with van der Waals surface area (Å²) >= 11 is 0. The number of amides is 1. The number of rotatable bonds is 8. The molecule has 1 amide bonds. The highest BCUT2D eigenvalue weighted by atomic mass is 16.2. The predicted molar refractivity (Wildman–Crippen MR) is 71.0 cm³/mol. The molecule has 0 saturated heterocycles. The van der Waals surface area contributed by atoms with Crippen molar-refractivity contribution < 1.29 is 4.79 Å². The Balaban J connectivity index is 2.23. The molecule has 4 nitrogen and oxygen atoms in total. The fourth-order valence-corrected chi connectivity index (χ4v) is 1.98. The third-order valence-electron chi connectivity index (χ3n) is 3.28. The van der Waals surface area contributed by atoms with Crippen molar-refractivity contribution in [2.75, 3.05) is 19.6 Å². The standard InChI is InChI=1S/C13H27N3O/c1-5-16(6-2)9-10(3)14-11(4)13(17)15-12-7-8-12/h10-12,14H,5-9H2,1-4H3,(H,15,17). The maximum atomic E-state index is 11.8. The first-order chi connectivity index (χ1) is 8.06. The van der Waals surface area contributed by atoms with Crippen LogP contribution >= 0.6 is 0 Å². The zero-order chi connectivity index (χ0) is 12.8. The van der Waals surface area contributed by atoms with Gasteiger partial charge in [0, 0.05) is 18.6 Å². The Bertz CT molecular complexity index is 237. The van der Waals surface area contributed by atoms with Crippen molar-refractivity contribution in [1.82, 2.24) is 15.5 Å². The van der Waals surface area contributed by atoms with Crippen molar-refractivity contribution >= 4 is 5.91 Å². The van der Waals surface area contributed by atoms with Crippen molar-refractivity contribution in [3.05, 3.63) is 0 Å². The van der Waals surface area contributed by atoms with E-state index in [1.165, 1.54) is 0 Å². The van der Waals surface area contributed by atoms with E-state index in [1.54, 1.807) is 0 Å². The molecule has 17 heavy (non-hydrogen) atoms. The normalized spacial score (nSPS) is 19.1. The Morgan fingerprint density at radius 3 is 2.35 bits per heavy atom. The van der Waals surface area contributed by atoms with Crippen molar-refractivity contribution in [3.8, 4) is 0 Å². The van der Waals surface area contributed by atoms with E-state index in [2.05, 4.69) is 36.3 Å². The molecule has 2 unspecified atom stereocenters. The molecule has 0 aliphatic heterocycles. The Hall–Kier alpha value is -0.610. The molecule has 2 N–H and O–H groups in total. The molecular formula is C13H27N3O. The molecule has 0 heterocycles. The van der Waals surface area contributed by atoms with Gasteiger partial charge in [0.2, 0.25) is 5.91 Å². The number of hydrogen-bond donors (Lipinski definition) is 2. The van der Waals surface area contributed by atoms with Crippen LogP contribution in [-0.4, -0.2) is 48.6 Å². The summed E-state index contributed by atoms with van der Waals surface area (Å²) in [6.07, 6.45) is 2.29. The molecule has 1 aliphatic carbocycles. The second-order valence-electron chi connectivity index (χ2n) is 5.06. The number of likely N-dealkylation sites (N-methyl/N-ethyl adjacent to an activating group) is 1. The van der Waals surface area contributed by atoms with Gasteiger partial charge in [-0.05, 0) is 39.8 Å². The predicted octanol–water partition coefficient (Wildman–Crippen LogP) is 0.973. The van der Waals surface area contributed by atoms with Crippen LogP contribution in [0.4, 0.5) is 0 Å². The van der Waals surface area contributed by atoms with E-state index in [0.717, 1.165) is 32.5 Å². The smallest absolute Gasteiger partial charge is 0.237 e. The summed E-state index contributed by atoms with van der Waals surface area (Å²) in [4.78, 5) is 14.1. The van der Waals surface area contributed by atoms with Crippen molar-refractivity contribution in [2.24, 2.45) is 0 Å². The minimum atomic E-state index is -0.0961. The summed E-state index contributed by atoms with van der Waals surface area (Å²) in [7, 11) is 0. The van der Waals surface area contributed by atoms with Gasteiger partial charge in [-0.25, -0.2) is 0 Å². The van der Waals surface area contributed by atoms with Gasteiger partial charge in [-0.15, -0.1) is 0 Å². The van der Waals surface area contributed by atoms with Gasteiger partial charge in [0.25, 0.3) is 0 Å². The zero-order valence-electron chi connectivity index (χ0n) is 11.6. The summed E-state index contributed by atoms with van der Waals surface area (Å²) in [6.45, 7) is 11.5. The minimum absolute atomic E-state index is 0.0961.